The molecular formula is C23H28BrN3O3. The SMILES string of the molecule is CCC(=Nc1ccc2c(c1)[C@@H](NC(=O)c1ccc(Br)cc1)[C@H](O)C2)N(C)CCOC. The van der Waals surface area contributed by atoms with Crippen molar-refractivity contribution in [1.82, 2.24) is 10.2 Å². The van der Waals surface area contributed by atoms with Crippen LogP contribution in [0.2, 0.25) is 0 Å². The molecular weight excluding hydrogens is 446 g/mol. The number of aliphatic hydroxyl groups excluding tert-OH is 1. The lowest BCUT2D eigenvalue weighted by Gasteiger charge is -2.21. The topological polar surface area (TPSA) is 74.2 Å². The number of aliphatic hydroxyl groups is 1. The van der Waals surface area contributed by atoms with Gasteiger partial charge in [-0.15, -0.1) is 0 Å². The van der Waals surface area contributed by atoms with Gasteiger partial charge in [-0.2, -0.15) is 0 Å². The summed E-state index contributed by atoms with van der Waals surface area (Å²) in [4.78, 5) is 19.6. The Morgan fingerprint density at radius 3 is 2.70 bits per heavy atom. The summed E-state index contributed by atoms with van der Waals surface area (Å²) in [6.07, 6.45) is 0.650. The van der Waals surface area contributed by atoms with Gasteiger partial charge in [-0.3, -0.25) is 4.79 Å². The van der Waals surface area contributed by atoms with Gasteiger partial charge in [0.05, 0.1) is 24.4 Å². The number of carbonyl (C=O) groups is 1. The van der Waals surface area contributed by atoms with E-state index in [9.17, 15) is 9.90 Å². The fourth-order valence-electron chi connectivity index (χ4n) is 3.62. The molecule has 6 nitrogen and oxygen atoms in total. The third kappa shape index (κ3) is 5.28. The highest BCUT2D eigenvalue weighted by atomic mass is 79.9. The Balaban J connectivity index is 1.81. The fourth-order valence-corrected chi connectivity index (χ4v) is 3.88. The first-order chi connectivity index (χ1) is 14.4. The molecule has 0 radical (unpaired) electrons. The molecule has 160 valence electrons. The third-order valence-electron chi connectivity index (χ3n) is 5.32. The lowest BCUT2D eigenvalue weighted by molar-refractivity contribution is 0.0858. The van der Waals surface area contributed by atoms with Gasteiger partial charge in [0.1, 0.15) is 5.84 Å². The second-order valence-corrected chi connectivity index (χ2v) is 8.32. The van der Waals surface area contributed by atoms with Crippen LogP contribution in [-0.2, 0) is 11.2 Å². The number of benzene rings is 2. The lowest BCUT2D eigenvalue weighted by Crippen LogP contribution is -2.33. The first-order valence-corrected chi connectivity index (χ1v) is 10.9. The zero-order valence-corrected chi connectivity index (χ0v) is 19.1. The highest BCUT2D eigenvalue weighted by molar-refractivity contribution is 9.10. The zero-order chi connectivity index (χ0) is 21.7. The zero-order valence-electron chi connectivity index (χ0n) is 17.6. The molecule has 1 aliphatic rings. The Hall–Kier alpha value is -2.22. The van der Waals surface area contributed by atoms with E-state index < -0.39 is 12.1 Å². The smallest absolute Gasteiger partial charge is 0.251 e. The molecule has 0 aliphatic heterocycles. The lowest BCUT2D eigenvalue weighted by atomic mass is 10.1. The third-order valence-corrected chi connectivity index (χ3v) is 5.85. The fraction of sp³-hybridized carbons (Fsp3) is 0.391. The number of likely N-dealkylation sites (N-methyl/N-ethyl adjacent to an activating group) is 1. The predicted octanol–water partition coefficient (Wildman–Crippen LogP) is 3.86. The van der Waals surface area contributed by atoms with Crippen LogP contribution >= 0.6 is 15.9 Å². The molecule has 0 aromatic heterocycles. The van der Waals surface area contributed by atoms with Gasteiger partial charge in [-0.25, -0.2) is 4.99 Å². The number of hydrogen-bond acceptors (Lipinski definition) is 4. The molecule has 1 aliphatic carbocycles. The van der Waals surface area contributed by atoms with Crippen molar-refractivity contribution in [2.24, 2.45) is 4.99 Å². The first-order valence-electron chi connectivity index (χ1n) is 10.1. The normalized spacial score (nSPS) is 18.2. The summed E-state index contributed by atoms with van der Waals surface area (Å²) in [5.74, 6) is 0.753. The molecule has 0 bridgehead atoms. The largest absolute Gasteiger partial charge is 0.390 e. The Kier molecular flexibility index (Phi) is 7.64. The van der Waals surface area contributed by atoms with Crippen molar-refractivity contribution < 1.29 is 14.6 Å². The summed E-state index contributed by atoms with van der Waals surface area (Å²) in [6, 6.07) is 12.6. The minimum Gasteiger partial charge on any atom is -0.390 e. The van der Waals surface area contributed by atoms with Gasteiger partial charge >= 0.3 is 0 Å². The highest BCUT2D eigenvalue weighted by Crippen LogP contribution is 2.34. The van der Waals surface area contributed by atoms with Gasteiger partial charge in [-0.1, -0.05) is 28.9 Å². The van der Waals surface area contributed by atoms with Crippen LogP contribution in [0.5, 0.6) is 0 Å². The number of rotatable bonds is 7. The van der Waals surface area contributed by atoms with Crippen molar-refractivity contribution in [2.45, 2.75) is 31.9 Å². The number of methoxy groups -OCH3 is 1. The average molecular weight is 474 g/mol. The number of hydrogen-bond donors (Lipinski definition) is 2. The van der Waals surface area contributed by atoms with Gasteiger partial charge < -0.3 is 20.1 Å². The monoisotopic (exact) mass is 473 g/mol. The van der Waals surface area contributed by atoms with Crippen molar-refractivity contribution in [3.63, 3.8) is 0 Å². The van der Waals surface area contributed by atoms with Crippen LogP contribution in [0, 0.1) is 0 Å². The second kappa shape index (κ2) is 10.2. The Labute approximate surface area is 186 Å². The predicted molar refractivity (Wildman–Crippen MR) is 122 cm³/mol. The van der Waals surface area contributed by atoms with Gasteiger partial charge in [0.25, 0.3) is 5.91 Å². The van der Waals surface area contributed by atoms with Crippen molar-refractivity contribution in [3.8, 4) is 0 Å². The molecule has 3 rings (SSSR count). The van der Waals surface area contributed by atoms with Crippen LogP contribution in [0.3, 0.4) is 0 Å². The van der Waals surface area contributed by atoms with Crippen LogP contribution in [0.1, 0.15) is 40.9 Å². The van der Waals surface area contributed by atoms with Crippen LogP contribution in [0.4, 0.5) is 5.69 Å². The van der Waals surface area contributed by atoms with E-state index in [0.29, 0.717) is 18.6 Å². The molecule has 30 heavy (non-hydrogen) atoms. The standard InChI is InChI=1S/C23H28BrN3O3/c1-4-21(27(2)11-12-30-3)25-18-10-7-16-13-20(28)22(19(16)14-18)26-23(29)15-5-8-17(24)9-6-15/h5-10,14,20,22,28H,4,11-13H2,1-3H3,(H,26,29)/t20-,22-/m1/s1. The number of fused-ring (bicyclic) bond motifs is 1. The Morgan fingerprint density at radius 2 is 2.03 bits per heavy atom. The number of halogens is 1. The molecule has 1 amide bonds. The van der Waals surface area contributed by atoms with Crippen LogP contribution in [0.15, 0.2) is 51.9 Å². The molecule has 2 aromatic carbocycles. The van der Waals surface area contributed by atoms with Crippen molar-refractivity contribution in [1.29, 1.82) is 0 Å². The number of nitrogens with zero attached hydrogens (tertiary/aromatic N) is 2. The van der Waals surface area contributed by atoms with Gasteiger partial charge in [0.2, 0.25) is 0 Å². The number of aliphatic imine (C=N–C) groups is 1. The second-order valence-electron chi connectivity index (χ2n) is 7.41. The first kappa shape index (κ1) is 22.5. The van der Waals surface area contributed by atoms with Gasteiger partial charge in [-0.05, 0) is 47.5 Å². The van der Waals surface area contributed by atoms with Crippen LogP contribution in [-0.4, -0.2) is 55.2 Å². The molecule has 0 spiro atoms. The average Bonchev–Trinajstić information content (AvgIpc) is 3.05. The molecule has 0 fully saturated rings. The number of amidine groups is 1. The molecule has 2 atom stereocenters. The number of ether oxygens (including phenoxy) is 1. The summed E-state index contributed by atoms with van der Waals surface area (Å²) in [7, 11) is 3.69. The molecule has 0 saturated heterocycles. The summed E-state index contributed by atoms with van der Waals surface area (Å²) in [6.45, 7) is 3.47. The molecule has 2 aromatic rings. The molecule has 2 N–H and O–H groups in total. The van der Waals surface area contributed by atoms with E-state index in [4.69, 9.17) is 9.73 Å². The molecule has 0 unspecified atom stereocenters. The maximum Gasteiger partial charge on any atom is 0.251 e. The van der Waals surface area contributed by atoms with E-state index in [2.05, 4.69) is 33.1 Å². The highest BCUT2D eigenvalue weighted by Gasteiger charge is 2.32. The molecule has 0 saturated carbocycles. The van der Waals surface area contributed by atoms with Crippen LogP contribution < -0.4 is 5.32 Å². The van der Waals surface area contributed by atoms with Gasteiger partial charge in [0.15, 0.2) is 0 Å². The van der Waals surface area contributed by atoms with Crippen molar-refractivity contribution in [3.05, 3.63) is 63.6 Å². The summed E-state index contributed by atoms with van der Waals surface area (Å²) in [5, 5.41) is 13.6. The molecule has 0 heterocycles. The van der Waals surface area contributed by atoms with E-state index in [1.807, 2.05) is 37.4 Å². The van der Waals surface area contributed by atoms with Gasteiger partial charge in [0, 0.05) is 43.6 Å². The van der Waals surface area contributed by atoms with E-state index >= 15 is 0 Å². The maximum absolute atomic E-state index is 12.7. The van der Waals surface area contributed by atoms with E-state index in [-0.39, 0.29) is 5.91 Å². The van der Waals surface area contributed by atoms with Crippen LogP contribution in [0.25, 0.3) is 0 Å². The summed E-state index contributed by atoms with van der Waals surface area (Å²) < 4.78 is 6.07. The minimum absolute atomic E-state index is 0.207. The van der Waals surface area contributed by atoms with Crippen molar-refractivity contribution in [2.75, 3.05) is 27.3 Å². The Bertz CT molecular complexity index is 914. The summed E-state index contributed by atoms with van der Waals surface area (Å²) in [5.41, 5.74) is 3.32. The van der Waals surface area contributed by atoms with E-state index in [1.165, 1.54) is 0 Å². The van der Waals surface area contributed by atoms with E-state index in [1.54, 1.807) is 19.2 Å². The minimum atomic E-state index is -0.659. The number of carbonyl (C=O) groups excluding carboxylic acids is 1. The Morgan fingerprint density at radius 1 is 1.30 bits per heavy atom. The number of nitrogens with one attached hydrogen (secondary N) is 1. The van der Waals surface area contributed by atoms with Crippen molar-refractivity contribution >= 4 is 33.4 Å². The van der Waals surface area contributed by atoms with E-state index in [0.717, 1.165) is 40.1 Å². The number of amides is 1. The summed E-state index contributed by atoms with van der Waals surface area (Å²) >= 11 is 3.38. The quantitative estimate of drug-likeness (QED) is 0.472. The maximum atomic E-state index is 12.7. The molecule has 7 heteroatoms.